The van der Waals surface area contributed by atoms with Crippen LogP contribution in [0.4, 0.5) is 5.82 Å². The Hall–Kier alpha value is -1.47. The Labute approximate surface area is 77.7 Å². The van der Waals surface area contributed by atoms with E-state index in [0.717, 1.165) is 11.5 Å². The molecule has 0 aliphatic carbocycles. The van der Waals surface area contributed by atoms with Crippen molar-refractivity contribution in [3.63, 3.8) is 0 Å². The highest BCUT2D eigenvalue weighted by molar-refractivity contribution is 5.38. The van der Waals surface area contributed by atoms with E-state index in [1.807, 2.05) is 6.92 Å². The molecule has 0 saturated carbocycles. The fourth-order valence-electron chi connectivity index (χ4n) is 1.18. The molecule has 0 amide bonds. The number of aromatic nitrogens is 2. The zero-order valence-corrected chi connectivity index (χ0v) is 7.87. The van der Waals surface area contributed by atoms with Gasteiger partial charge >= 0.3 is 0 Å². The molecular formula is C9H13N3O. The van der Waals surface area contributed by atoms with Crippen LogP contribution in [0.15, 0.2) is 0 Å². The summed E-state index contributed by atoms with van der Waals surface area (Å²) in [7, 11) is 1.61. The zero-order valence-electron chi connectivity index (χ0n) is 7.87. The second kappa shape index (κ2) is 3.97. The molecule has 0 atom stereocenters. The quantitative estimate of drug-likeness (QED) is 0.689. The second-order valence-corrected chi connectivity index (χ2v) is 2.71. The van der Waals surface area contributed by atoms with Crippen LogP contribution >= 0.6 is 0 Å². The minimum absolute atomic E-state index is 0.421. The molecule has 2 N–H and O–H groups in total. The van der Waals surface area contributed by atoms with E-state index in [2.05, 4.69) is 10.9 Å². The van der Waals surface area contributed by atoms with E-state index in [0.29, 0.717) is 19.0 Å². The first-order chi connectivity index (χ1) is 6.20. The van der Waals surface area contributed by atoms with E-state index >= 15 is 0 Å². The Morgan fingerprint density at radius 1 is 1.69 bits per heavy atom. The fraction of sp³-hybridized carbons (Fsp3) is 0.444. The lowest BCUT2D eigenvalue weighted by atomic mass is 10.4. The lowest BCUT2D eigenvalue weighted by molar-refractivity contribution is 0.182. The van der Waals surface area contributed by atoms with E-state index in [4.69, 9.17) is 16.9 Å². The van der Waals surface area contributed by atoms with Gasteiger partial charge in [-0.05, 0) is 6.92 Å². The molecule has 0 saturated heterocycles. The van der Waals surface area contributed by atoms with Gasteiger partial charge in [-0.3, -0.25) is 0 Å². The summed E-state index contributed by atoms with van der Waals surface area (Å²) in [6, 6.07) is 0. The van der Waals surface area contributed by atoms with Crippen molar-refractivity contribution in [2.45, 2.75) is 20.1 Å². The second-order valence-electron chi connectivity index (χ2n) is 2.71. The molecule has 0 aliphatic rings. The van der Waals surface area contributed by atoms with Crippen molar-refractivity contribution in [1.82, 2.24) is 9.55 Å². The first-order valence-electron chi connectivity index (χ1n) is 3.94. The highest BCUT2D eigenvalue weighted by Crippen LogP contribution is 2.14. The summed E-state index contributed by atoms with van der Waals surface area (Å²) in [5.41, 5.74) is 6.55. The molecule has 1 rings (SSSR count). The van der Waals surface area contributed by atoms with Gasteiger partial charge in [0.25, 0.3) is 0 Å². The van der Waals surface area contributed by atoms with Crippen LogP contribution < -0.4 is 5.73 Å². The molecule has 1 heterocycles. The molecule has 13 heavy (non-hydrogen) atoms. The lowest BCUT2D eigenvalue weighted by Crippen LogP contribution is -2.04. The largest absolute Gasteiger partial charge is 0.383 e. The van der Waals surface area contributed by atoms with Gasteiger partial charge in [-0.2, -0.15) is 0 Å². The first-order valence-corrected chi connectivity index (χ1v) is 3.94. The minimum atomic E-state index is 0.421. The number of terminal acetylenes is 1. The normalized spacial score (nSPS) is 9.92. The van der Waals surface area contributed by atoms with Gasteiger partial charge in [0.05, 0.1) is 13.2 Å². The van der Waals surface area contributed by atoms with Crippen molar-refractivity contribution < 1.29 is 4.74 Å². The Bertz CT molecular complexity index is 335. The molecule has 70 valence electrons. The van der Waals surface area contributed by atoms with Crippen LogP contribution in [0.3, 0.4) is 0 Å². The van der Waals surface area contributed by atoms with Crippen molar-refractivity contribution in [2.75, 3.05) is 12.8 Å². The maximum atomic E-state index is 5.80. The van der Waals surface area contributed by atoms with Crippen molar-refractivity contribution in [3.05, 3.63) is 11.5 Å². The van der Waals surface area contributed by atoms with Crippen molar-refractivity contribution in [2.24, 2.45) is 0 Å². The monoisotopic (exact) mass is 179 g/mol. The summed E-state index contributed by atoms with van der Waals surface area (Å²) >= 11 is 0. The summed E-state index contributed by atoms with van der Waals surface area (Å²) in [5, 5.41) is 0. The number of ether oxygens (including phenoxy) is 1. The Morgan fingerprint density at radius 2 is 2.38 bits per heavy atom. The number of nitrogens with two attached hydrogens (primary N) is 1. The van der Waals surface area contributed by atoms with Gasteiger partial charge in [0.15, 0.2) is 0 Å². The summed E-state index contributed by atoms with van der Waals surface area (Å²) in [6.45, 7) is 2.74. The third-order valence-corrected chi connectivity index (χ3v) is 1.80. The van der Waals surface area contributed by atoms with Crippen molar-refractivity contribution >= 4 is 5.82 Å². The molecule has 0 bridgehead atoms. The molecule has 0 radical (unpaired) electrons. The molecule has 0 fully saturated rings. The van der Waals surface area contributed by atoms with Crippen LogP contribution in [-0.2, 0) is 17.9 Å². The third-order valence-electron chi connectivity index (χ3n) is 1.80. The number of rotatable bonds is 3. The number of imidazole rings is 1. The predicted molar refractivity (Wildman–Crippen MR) is 50.9 cm³/mol. The summed E-state index contributed by atoms with van der Waals surface area (Å²) in [4.78, 5) is 4.24. The molecule has 0 aliphatic heterocycles. The number of nitrogens with zero attached hydrogens (tertiary/aromatic N) is 2. The van der Waals surface area contributed by atoms with Gasteiger partial charge in [-0.15, -0.1) is 6.42 Å². The standard InChI is InChI=1S/C9H13N3O/c1-4-5-12-7(2)11-8(6-13-3)9(12)10/h1H,5-6,10H2,2-3H3. The Kier molecular flexibility index (Phi) is 2.93. The lowest BCUT2D eigenvalue weighted by Gasteiger charge is -2.01. The minimum Gasteiger partial charge on any atom is -0.383 e. The van der Waals surface area contributed by atoms with Gasteiger partial charge in [0.1, 0.15) is 17.3 Å². The zero-order chi connectivity index (χ0) is 9.84. The van der Waals surface area contributed by atoms with E-state index in [1.54, 1.807) is 11.7 Å². The number of methoxy groups -OCH3 is 1. The molecule has 4 nitrogen and oxygen atoms in total. The maximum absolute atomic E-state index is 5.80. The van der Waals surface area contributed by atoms with Crippen LogP contribution in [0.1, 0.15) is 11.5 Å². The maximum Gasteiger partial charge on any atom is 0.130 e. The molecule has 1 aromatic heterocycles. The van der Waals surface area contributed by atoms with Crippen LogP contribution in [0, 0.1) is 19.3 Å². The van der Waals surface area contributed by atoms with Crippen molar-refractivity contribution in [3.8, 4) is 12.3 Å². The Balaban J connectivity index is 3.01. The first kappa shape index (κ1) is 9.62. The average molecular weight is 179 g/mol. The van der Waals surface area contributed by atoms with E-state index < -0.39 is 0 Å². The van der Waals surface area contributed by atoms with Gasteiger partial charge < -0.3 is 15.0 Å². The molecule has 4 heteroatoms. The average Bonchev–Trinajstić information content (AvgIpc) is 2.34. The summed E-state index contributed by atoms with van der Waals surface area (Å²) < 4.78 is 6.73. The SMILES string of the molecule is C#CCn1c(C)nc(COC)c1N. The Morgan fingerprint density at radius 3 is 2.92 bits per heavy atom. The molecule has 1 aromatic rings. The highest BCUT2D eigenvalue weighted by atomic mass is 16.5. The third kappa shape index (κ3) is 1.82. The van der Waals surface area contributed by atoms with E-state index in [9.17, 15) is 0 Å². The number of nitrogen functional groups attached to an aromatic ring is 1. The number of hydrogen-bond donors (Lipinski definition) is 1. The molecule has 0 unspecified atom stereocenters. The number of anilines is 1. The molecular weight excluding hydrogens is 166 g/mol. The highest BCUT2D eigenvalue weighted by Gasteiger charge is 2.09. The van der Waals surface area contributed by atoms with Crippen molar-refractivity contribution in [1.29, 1.82) is 0 Å². The van der Waals surface area contributed by atoms with Gasteiger partial charge in [0.2, 0.25) is 0 Å². The van der Waals surface area contributed by atoms with Crippen LogP contribution in [-0.4, -0.2) is 16.7 Å². The number of aryl methyl sites for hydroxylation is 1. The van der Waals surface area contributed by atoms with E-state index in [-0.39, 0.29) is 0 Å². The molecule has 0 aromatic carbocycles. The van der Waals surface area contributed by atoms with Crippen LogP contribution in [0.5, 0.6) is 0 Å². The smallest absolute Gasteiger partial charge is 0.130 e. The fourth-order valence-corrected chi connectivity index (χ4v) is 1.18. The van der Waals surface area contributed by atoms with Crippen LogP contribution in [0.2, 0.25) is 0 Å². The van der Waals surface area contributed by atoms with Crippen LogP contribution in [0.25, 0.3) is 0 Å². The molecule has 0 spiro atoms. The predicted octanol–water partition coefficient (Wildman–Crippen LogP) is 0.553. The summed E-state index contributed by atoms with van der Waals surface area (Å²) in [5.74, 6) is 3.94. The van der Waals surface area contributed by atoms with E-state index in [1.165, 1.54) is 0 Å². The number of hydrogen-bond acceptors (Lipinski definition) is 3. The van der Waals surface area contributed by atoms with Gasteiger partial charge in [0, 0.05) is 7.11 Å². The van der Waals surface area contributed by atoms with Gasteiger partial charge in [-0.1, -0.05) is 5.92 Å². The topological polar surface area (TPSA) is 53.1 Å². The van der Waals surface area contributed by atoms with Gasteiger partial charge in [-0.25, -0.2) is 4.98 Å². The summed E-state index contributed by atoms with van der Waals surface area (Å²) in [6.07, 6.45) is 5.20.